The summed E-state index contributed by atoms with van der Waals surface area (Å²) in [6.45, 7) is 0. The molecule has 0 saturated heterocycles. The maximum atomic E-state index is 10.7. The molecule has 1 N–H and O–H groups in total. The predicted molar refractivity (Wildman–Crippen MR) is 71.0 cm³/mol. The lowest BCUT2D eigenvalue weighted by atomic mass is 10.2. The lowest BCUT2D eigenvalue weighted by molar-refractivity contribution is 0.0696. The summed E-state index contributed by atoms with van der Waals surface area (Å²) in [6, 6.07) is 8.26. The van der Waals surface area contributed by atoms with Crippen LogP contribution in [0.25, 0.3) is 23.0 Å². The minimum atomic E-state index is -1.04. The molecule has 3 heterocycles. The Morgan fingerprint density at radius 2 is 1.52 bits per heavy atom. The van der Waals surface area contributed by atoms with Crippen molar-refractivity contribution in [2.45, 2.75) is 0 Å². The SMILES string of the molecule is O=C(O)c1ccc(-c2nnc(-c3ccccn3)nn2)nc1. The van der Waals surface area contributed by atoms with E-state index < -0.39 is 5.97 Å². The number of hydrogen-bond acceptors (Lipinski definition) is 7. The summed E-state index contributed by atoms with van der Waals surface area (Å²) in [5, 5.41) is 24.5. The van der Waals surface area contributed by atoms with E-state index in [2.05, 4.69) is 30.4 Å². The third kappa shape index (κ3) is 2.68. The molecule has 8 nitrogen and oxygen atoms in total. The summed E-state index contributed by atoms with van der Waals surface area (Å²) >= 11 is 0. The summed E-state index contributed by atoms with van der Waals surface area (Å²) in [5.41, 5.74) is 1.05. The number of aromatic nitrogens is 6. The van der Waals surface area contributed by atoms with Gasteiger partial charge in [0, 0.05) is 12.4 Å². The van der Waals surface area contributed by atoms with Gasteiger partial charge in [-0.25, -0.2) is 4.79 Å². The molecule has 0 fully saturated rings. The molecule has 3 aromatic rings. The van der Waals surface area contributed by atoms with E-state index in [1.165, 1.54) is 18.3 Å². The van der Waals surface area contributed by atoms with E-state index in [4.69, 9.17) is 5.11 Å². The van der Waals surface area contributed by atoms with Gasteiger partial charge in [-0.3, -0.25) is 9.97 Å². The first-order valence-electron chi connectivity index (χ1n) is 5.92. The van der Waals surface area contributed by atoms with Gasteiger partial charge in [0.2, 0.25) is 11.6 Å². The topological polar surface area (TPSA) is 115 Å². The van der Waals surface area contributed by atoms with E-state index in [1.54, 1.807) is 18.3 Å². The number of carbonyl (C=O) groups is 1. The van der Waals surface area contributed by atoms with Crippen LogP contribution in [0.5, 0.6) is 0 Å². The second-order valence-electron chi connectivity index (χ2n) is 4.00. The van der Waals surface area contributed by atoms with Gasteiger partial charge in [0.1, 0.15) is 11.4 Å². The van der Waals surface area contributed by atoms with Crippen molar-refractivity contribution in [3.8, 4) is 23.0 Å². The molecule has 0 aliphatic rings. The van der Waals surface area contributed by atoms with E-state index in [9.17, 15) is 4.79 Å². The summed E-state index contributed by atoms with van der Waals surface area (Å²) in [5.74, 6) is -0.523. The van der Waals surface area contributed by atoms with Gasteiger partial charge < -0.3 is 5.11 Å². The Labute approximate surface area is 118 Å². The maximum absolute atomic E-state index is 10.7. The monoisotopic (exact) mass is 280 g/mol. The fourth-order valence-electron chi connectivity index (χ4n) is 1.58. The van der Waals surface area contributed by atoms with Crippen LogP contribution in [0.2, 0.25) is 0 Å². The van der Waals surface area contributed by atoms with Crippen molar-refractivity contribution < 1.29 is 9.90 Å². The second kappa shape index (κ2) is 5.37. The quantitative estimate of drug-likeness (QED) is 0.758. The molecular formula is C13H8N6O2. The zero-order chi connectivity index (χ0) is 14.7. The molecule has 0 unspecified atom stereocenters. The number of pyridine rings is 2. The van der Waals surface area contributed by atoms with Gasteiger partial charge in [-0.05, 0) is 24.3 Å². The first-order chi connectivity index (χ1) is 10.2. The summed E-state index contributed by atoms with van der Waals surface area (Å²) in [4.78, 5) is 18.8. The Bertz CT molecular complexity index is 759. The van der Waals surface area contributed by atoms with E-state index in [0.29, 0.717) is 17.2 Å². The summed E-state index contributed by atoms with van der Waals surface area (Å²) < 4.78 is 0. The van der Waals surface area contributed by atoms with Crippen LogP contribution in [-0.2, 0) is 0 Å². The molecule has 0 radical (unpaired) electrons. The molecule has 0 spiro atoms. The molecular weight excluding hydrogens is 272 g/mol. The van der Waals surface area contributed by atoms with Crippen molar-refractivity contribution in [2.24, 2.45) is 0 Å². The van der Waals surface area contributed by atoms with Crippen LogP contribution in [-0.4, -0.2) is 41.4 Å². The summed E-state index contributed by atoms with van der Waals surface area (Å²) in [6.07, 6.45) is 2.85. The molecule has 8 heteroatoms. The Balaban J connectivity index is 1.89. The van der Waals surface area contributed by atoms with Crippen LogP contribution < -0.4 is 0 Å². The molecule has 0 aliphatic carbocycles. The highest BCUT2D eigenvalue weighted by Crippen LogP contribution is 2.13. The third-order valence-corrected chi connectivity index (χ3v) is 2.61. The lowest BCUT2D eigenvalue weighted by Gasteiger charge is -2.00. The Morgan fingerprint density at radius 3 is 2.00 bits per heavy atom. The van der Waals surface area contributed by atoms with Crippen molar-refractivity contribution in [1.29, 1.82) is 0 Å². The van der Waals surface area contributed by atoms with Gasteiger partial charge in [0.05, 0.1) is 5.56 Å². The average molecular weight is 280 g/mol. The van der Waals surface area contributed by atoms with Crippen LogP contribution in [0, 0.1) is 0 Å². The molecule has 0 aromatic carbocycles. The molecule has 21 heavy (non-hydrogen) atoms. The zero-order valence-corrected chi connectivity index (χ0v) is 10.6. The van der Waals surface area contributed by atoms with Crippen molar-refractivity contribution in [3.05, 3.63) is 48.3 Å². The molecule has 3 aromatic heterocycles. The minimum absolute atomic E-state index is 0.0878. The van der Waals surface area contributed by atoms with Crippen molar-refractivity contribution in [2.75, 3.05) is 0 Å². The van der Waals surface area contributed by atoms with E-state index in [0.717, 1.165) is 0 Å². The number of nitrogens with zero attached hydrogens (tertiary/aromatic N) is 6. The Hall–Kier alpha value is -3.29. The van der Waals surface area contributed by atoms with Crippen molar-refractivity contribution in [3.63, 3.8) is 0 Å². The van der Waals surface area contributed by atoms with Crippen LogP contribution in [0.4, 0.5) is 0 Å². The average Bonchev–Trinajstić information content (AvgIpc) is 2.56. The van der Waals surface area contributed by atoms with E-state index >= 15 is 0 Å². The zero-order valence-electron chi connectivity index (χ0n) is 10.6. The smallest absolute Gasteiger partial charge is 0.337 e. The Morgan fingerprint density at radius 1 is 0.857 bits per heavy atom. The van der Waals surface area contributed by atoms with Crippen LogP contribution in [0.15, 0.2) is 42.7 Å². The first kappa shape index (κ1) is 12.7. The molecule has 0 amide bonds. The van der Waals surface area contributed by atoms with Gasteiger partial charge in [0.25, 0.3) is 0 Å². The highest BCUT2D eigenvalue weighted by Gasteiger charge is 2.09. The number of hydrogen-bond donors (Lipinski definition) is 1. The molecule has 0 bridgehead atoms. The standard InChI is InChI=1S/C13H8N6O2/c20-13(21)8-4-5-10(15-7-8)12-18-16-11(17-19-12)9-3-1-2-6-14-9/h1-7H,(H,20,21). The predicted octanol–water partition coefficient (Wildman–Crippen LogP) is 1.09. The molecule has 0 aliphatic heterocycles. The van der Waals surface area contributed by atoms with E-state index in [1.807, 2.05) is 6.07 Å². The van der Waals surface area contributed by atoms with Gasteiger partial charge >= 0.3 is 5.97 Å². The fourth-order valence-corrected chi connectivity index (χ4v) is 1.58. The number of carboxylic acids is 1. The van der Waals surface area contributed by atoms with Gasteiger partial charge in [-0.2, -0.15) is 0 Å². The van der Waals surface area contributed by atoms with Gasteiger partial charge in [0.15, 0.2) is 0 Å². The van der Waals surface area contributed by atoms with Gasteiger partial charge in [-0.1, -0.05) is 6.07 Å². The maximum Gasteiger partial charge on any atom is 0.337 e. The van der Waals surface area contributed by atoms with Crippen LogP contribution in [0.1, 0.15) is 10.4 Å². The van der Waals surface area contributed by atoms with Crippen LogP contribution in [0.3, 0.4) is 0 Å². The Kier molecular flexibility index (Phi) is 3.26. The third-order valence-electron chi connectivity index (χ3n) is 2.61. The molecule has 0 atom stereocenters. The summed E-state index contributed by atoms with van der Waals surface area (Å²) in [7, 11) is 0. The normalized spacial score (nSPS) is 10.3. The van der Waals surface area contributed by atoms with Gasteiger partial charge in [-0.15, -0.1) is 20.4 Å². The molecule has 102 valence electrons. The van der Waals surface area contributed by atoms with Crippen molar-refractivity contribution in [1.82, 2.24) is 30.4 Å². The largest absolute Gasteiger partial charge is 0.478 e. The molecule has 3 rings (SSSR count). The number of rotatable bonds is 3. The number of aromatic carboxylic acids is 1. The van der Waals surface area contributed by atoms with Crippen LogP contribution >= 0.6 is 0 Å². The lowest BCUT2D eigenvalue weighted by Crippen LogP contribution is -2.02. The number of carboxylic acid groups (broad SMARTS) is 1. The first-order valence-corrected chi connectivity index (χ1v) is 5.92. The molecule has 0 saturated carbocycles. The highest BCUT2D eigenvalue weighted by atomic mass is 16.4. The highest BCUT2D eigenvalue weighted by molar-refractivity contribution is 5.87. The second-order valence-corrected chi connectivity index (χ2v) is 4.00. The van der Waals surface area contributed by atoms with E-state index in [-0.39, 0.29) is 11.4 Å². The fraction of sp³-hybridized carbons (Fsp3) is 0. The van der Waals surface area contributed by atoms with Crippen molar-refractivity contribution >= 4 is 5.97 Å². The minimum Gasteiger partial charge on any atom is -0.478 e.